The zero-order chi connectivity index (χ0) is 16.4. The third kappa shape index (κ3) is 4.18. The van der Waals surface area contributed by atoms with E-state index in [0.717, 1.165) is 0 Å². The molecule has 0 spiro atoms. The highest BCUT2D eigenvalue weighted by Crippen LogP contribution is 2.25. The normalized spacial score (nSPS) is 12.5. The zero-order valence-electron chi connectivity index (χ0n) is 13.0. The van der Waals surface area contributed by atoms with Gasteiger partial charge in [-0.1, -0.05) is 20.8 Å². The van der Waals surface area contributed by atoms with Gasteiger partial charge in [0.2, 0.25) is 10.0 Å². The van der Waals surface area contributed by atoms with Gasteiger partial charge in [-0.2, -0.15) is 0 Å². The van der Waals surface area contributed by atoms with E-state index in [4.69, 9.17) is 5.73 Å². The first-order valence-electron chi connectivity index (χ1n) is 6.43. The SMILES string of the molecule is COC(=O)c1cc(N)ccc1S(=O)(=O)N(C)CC(C)(C)C. The van der Waals surface area contributed by atoms with E-state index in [1.807, 2.05) is 20.8 Å². The minimum atomic E-state index is -3.80. The van der Waals surface area contributed by atoms with Crippen molar-refractivity contribution in [3.05, 3.63) is 23.8 Å². The molecule has 118 valence electrons. The molecule has 0 saturated carbocycles. The molecule has 0 amide bonds. The number of nitrogens with zero attached hydrogens (tertiary/aromatic N) is 1. The predicted molar refractivity (Wildman–Crippen MR) is 81.5 cm³/mol. The Balaban J connectivity index is 3.35. The van der Waals surface area contributed by atoms with Gasteiger partial charge >= 0.3 is 5.97 Å². The van der Waals surface area contributed by atoms with Crippen LogP contribution in [0.2, 0.25) is 0 Å². The molecular weight excluding hydrogens is 292 g/mol. The predicted octanol–water partition coefficient (Wildman–Crippen LogP) is 1.72. The Hall–Kier alpha value is -1.60. The van der Waals surface area contributed by atoms with Gasteiger partial charge in [0.1, 0.15) is 0 Å². The number of anilines is 1. The molecule has 0 saturated heterocycles. The molecule has 0 aromatic heterocycles. The smallest absolute Gasteiger partial charge is 0.339 e. The molecule has 0 radical (unpaired) electrons. The number of carbonyl (C=O) groups excluding carboxylic acids is 1. The zero-order valence-corrected chi connectivity index (χ0v) is 13.8. The Kier molecular flexibility index (Phi) is 5.01. The number of hydrogen-bond donors (Lipinski definition) is 1. The van der Waals surface area contributed by atoms with E-state index in [1.165, 1.54) is 36.7 Å². The van der Waals surface area contributed by atoms with Gasteiger partial charge in [-0.3, -0.25) is 0 Å². The van der Waals surface area contributed by atoms with Gasteiger partial charge in [0.15, 0.2) is 0 Å². The average molecular weight is 314 g/mol. The third-order valence-corrected chi connectivity index (χ3v) is 4.66. The fourth-order valence-electron chi connectivity index (χ4n) is 1.96. The van der Waals surface area contributed by atoms with Crippen LogP contribution in [0.4, 0.5) is 5.69 Å². The molecular formula is C14H22N2O4S. The van der Waals surface area contributed by atoms with Gasteiger partial charge in [0, 0.05) is 19.3 Å². The summed E-state index contributed by atoms with van der Waals surface area (Å²) in [7, 11) is -1.12. The molecule has 0 fully saturated rings. The van der Waals surface area contributed by atoms with Crippen molar-refractivity contribution in [3.8, 4) is 0 Å². The summed E-state index contributed by atoms with van der Waals surface area (Å²) in [5, 5.41) is 0. The van der Waals surface area contributed by atoms with Gasteiger partial charge in [0.05, 0.1) is 17.6 Å². The van der Waals surface area contributed by atoms with Gasteiger partial charge in [-0.15, -0.1) is 0 Å². The van der Waals surface area contributed by atoms with Crippen molar-refractivity contribution >= 4 is 21.7 Å². The van der Waals surface area contributed by atoms with E-state index in [2.05, 4.69) is 4.74 Å². The van der Waals surface area contributed by atoms with Crippen LogP contribution < -0.4 is 5.73 Å². The molecule has 2 N–H and O–H groups in total. The summed E-state index contributed by atoms with van der Waals surface area (Å²) in [6.07, 6.45) is 0. The van der Waals surface area contributed by atoms with Gasteiger partial charge in [-0.25, -0.2) is 17.5 Å². The topological polar surface area (TPSA) is 89.7 Å². The van der Waals surface area contributed by atoms with Crippen molar-refractivity contribution in [2.75, 3.05) is 26.4 Å². The molecule has 1 rings (SSSR count). The van der Waals surface area contributed by atoms with Crippen molar-refractivity contribution in [1.82, 2.24) is 4.31 Å². The van der Waals surface area contributed by atoms with E-state index in [-0.39, 0.29) is 15.9 Å². The van der Waals surface area contributed by atoms with E-state index in [0.29, 0.717) is 12.2 Å². The first-order chi connectivity index (χ1) is 9.49. The summed E-state index contributed by atoms with van der Waals surface area (Å²) >= 11 is 0. The summed E-state index contributed by atoms with van der Waals surface area (Å²) < 4.78 is 31.1. The van der Waals surface area contributed by atoms with Crippen LogP contribution in [-0.4, -0.2) is 39.4 Å². The monoisotopic (exact) mass is 314 g/mol. The lowest BCUT2D eigenvalue weighted by atomic mass is 9.97. The van der Waals surface area contributed by atoms with Crippen molar-refractivity contribution in [1.29, 1.82) is 0 Å². The van der Waals surface area contributed by atoms with Crippen LogP contribution in [0.3, 0.4) is 0 Å². The molecule has 0 bridgehead atoms. The van der Waals surface area contributed by atoms with Crippen molar-refractivity contribution in [2.24, 2.45) is 5.41 Å². The quantitative estimate of drug-likeness (QED) is 0.675. The maximum atomic E-state index is 12.6. The van der Waals surface area contributed by atoms with Crippen LogP contribution in [0.25, 0.3) is 0 Å². The number of nitrogens with two attached hydrogens (primary N) is 1. The third-order valence-electron chi connectivity index (χ3n) is 2.79. The van der Waals surface area contributed by atoms with E-state index in [1.54, 1.807) is 0 Å². The number of benzene rings is 1. The van der Waals surface area contributed by atoms with E-state index >= 15 is 0 Å². The molecule has 6 nitrogen and oxygen atoms in total. The fraction of sp³-hybridized carbons (Fsp3) is 0.500. The number of rotatable bonds is 4. The molecule has 0 aliphatic rings. The molecule has 21 heavy (non-hydrogen) atoms. The average Bonchev–Trinajstić information content (AvgIpc) is 2.35. The number of nitrogen functional groups attached to an aromatic ring is 1. The number of hydrogen-bond acceptors (Lipinski definition) is 5. The van der Waals surface area contributed by atoms with Gasteiger partial charge < -0.3 is 10.5 Å². The standard InChI is InChI=1S/C14H22N2O4S/c1-14(2,3)9-16(4)21(18,19)12-7-6-10(15)8-11(12)13(17)20-5/h6-8H,9,15H2,1-5H3. The van der Waals surface area contributed by atoms with Crippen LogP contribution in [0.5, 0.6) is 0 Å². The highest BCUT2D eigenvalue weighted by atomic mass is 32.2. The largest absolute Gasteiger partial charge is 0.465 e. The van der Waals surface area contributed by atoms with Crippen molar-refractivity contribution < 1.29 is 17.9 Å². The van der Waals surface area contributed by atoms with Crippen LogP contribution in [0, 0.1) is 5.41 Å². The molecule has 0 unspecified atom stereocenters. The molecule has 0 aliphatic carbocycles. The Bertz CT molecular complexity index is 633. The van der Waals surface area contributed by atoms with Gasteiger partial charge in [-0.05, 0) is 23.6 Å². The second-order valence-corrected chi connectivity index (χ2v) is 8.08. The van der Waals surface area contributed by atoms with Gasteiger partial charge in [0.25, 0.3) is 0 Å². The van der Waals surface area contributed by atoms with Crippen LogP contribution in [0.1, 0.15) is 31.1 Å². The van der Waals surface area contributed by atoms with E-state index < -0.39 is 16.0 Å². The Labute approximate surface area is 125 Å². The second kappa shape index (κ2) is 6.03. The summed E-state index contributed by atoms with van der Waals surface area (Å²) in [4.78, 5) is 11.7. The second-order valence-electron chi connectivity index (χ2n) is 6.07. The molecule has 1 aromatic carbocycles. The summed E-state index contributed by atoms with van der Waals surface area (Å²) in [5.74, 6) is -0.731. The maximum absolute atomic E-state index is 12.6. The number of carbonyl (C=O) groups is 1. The van der Waals surface area contributed by atoms with Crippen LogP contribution in [0.15, 0.2) is 23.1 Å². The van der Waals surface area contributed by atoms with E-state index in [9.17, 15) is 13.2 Å². The fourth-order valence-corrected chi connectivity index (χ4v) is 3.52. The number of methoxy groups -OCH3 is 1. The molecule has 0 atom stereocenters. The highest BCUT2D eigenvalue weighted by molar-refractivity contribution is 7.89. The Morgan fingerprint density at radius 2 is 1.90 bits per heavy atom. The minimum absolute atomic E-state index is 0.0572. The maximum Gasteiger partial charge on any atom is 0.339 e. The molecule has 0 aliphatic heterocycles. The minimum Gasteiger partial charge on any atom is -0.465 e. The van der Waals surface area contributed by atoms with Crippen molar-refractivity contribution in [2.45, 2.75) is 25.7 Å². The van der Waals surface area contributed by atoms with Crippen LogP contribution in [-0.2, 0) is 14.8 Å². The summed E-state index contributed by atoms with van der Waals surface area (Å²) in [6.45, 7) is 6.12. The summed E-state index contributed by atoms with van der Waals surface area (Å²) in [5.41, 5.74) is 5.66. The first-order valence-corrected chi connectivity index (χ1v) is 7.87. The van der Waals surface area contributed by atoms with Crippen LogP contribution >= 0.6 is 0 Å². The highest BCUT2D eigenvalue weighted by Gasteiger charge is 2.29. The lowest BCUT2D eigenvalue weighted by molar-refractivity contribution is 0.0596. The van der Waals surface area contributed by atoms with Crippen molar-refractivity contribution in [3.63, 3.8) is 0 Å². The number of esters is 1. The molecule has 1 aromatic rings. The lowest BCUT2D eigenvalue weighted by Gasteiger charge is -2.26. The number of ether oxygens (including phenoxy) is 1. The lowest BCUT2D eigenvalue weighted by Crippen LogP contribution is -2.35. The molecule has 0 heterocycles. The summed E-state index contributed by atoms with van der Waals surface area (Å²) in [6, 6.07) is 4.09. The number of sulfonamides is 1. The Morgan fingerprint density at radius 3 is 2.38 bits per heavy atom. The first kappa shape index (κ1) is 17.5. The molecule has 7 heteroatoms. The Morgan fingerprint density at radius 1 is 1.33 bits per heavy atom.